The average molecular weight is 364 g/mol. The number of carbonyl (C=O) groups is 3. The maximum absolute atomic E-state index is 12.3. The van der Waals surface area contributed by atoms with Crippen molar-refractivity contribution < 1.29 is 19.1 Å². The summed E-state index contributed by atoms with van der Waals surface area (Å²) in [6.45, 7) is 1.30. The highest BCUT2D eigenvalue weighted by Gasteiger charge is 2.17. The molecule has 0 spiro atoms. The molecule has 2 N–H and O–H groups in total. The Balaban J connectivity index is 1.58. The summed E-state index contributed by atoms with van der Waals surface area (Å²) in [5.74, 6) is -0.0774. The number of benzene rings is 2. The molecule has 1 fully saturated rings. The summed E-state index contributed by atoms with van der Waals surface area (Å²) in [5.41, 5.74) is 1.61. The first-order valence-electron chi connectivity index (χ1n) is 8.69. The van der Waals surface area contributed by atoms with Gasteiger partial charge in [-0.1, -0.05) is 12.1 Å². The fraction of sp³-hybridized carbons (Fsp3) is 0.190. The molecule has 27 heavy (non-hydrogen) atoms. The Morgan fingerprint density at radius 1 is 1.00 bits per heavy atom. The zero-order chi connectivity index (χ0) is 19.2. The van der Waals surface area contributed by atoms with Crippen molar-refractivity contribution in [2.75, 3.05) is 10.6 Å². The number of nitrogens with one attached hydrogen (secondary N) is 2. The molecule has 0 aromatic heterocycles. The largest absolute Gasteiger partial charge is 0.427 e. The second-order valence-corrected chi connectivity index (χ2v) is 6.34. The lowest BCUT2D eigenvalue weighted by Gasteiger charge is -2.08. The van der Waals surface area contributed by atoms with E-state index in [1.165, 1.54) is 13.0 Å². The zero-order valence-electron chi connectivity index (χ0n) is 14.9. The molecule has 1 aliphatic carbocycles. The first-order valence-corrected chi connectivity index (χ1v) is 8.69. The predicted octanol–water partition coefficient (Wildman–Crippen LogP) is 3.77. The molecular formula is C21H20N2O4. The lowest BCUT2D eigenvalue weighted by Crippen LogP contribution is -2.12. The van der Waals surface area contributed by atoms with Crippen LogP contribution in [-0.4, -0.2) is 17.8 Å². The lowest BCUT2D eigenvalue weighted by molar-refractivity contribution is -0.131. The van der Waals surface area contributed by atoms with Gasteiger partial charge in [-0.3, -0.25) is 14.4 Å². The van der Waals surface area contributed by atoms with Crippen LogP contribution < -0.4 is 15.4 Å². The van der Waals surface area contributed by atoms with Crippen LogP contribution in [0.3, 0.4) is 0 Å². The van der Waals surface area contributed by atoms with E-state index in [-0.39, 0.29) is 11.8 Å². The molecule has 1 saturated carbocycles. The highest BCUT2D eigenvalue weighted by Crippen LogP contribution is 2.30. The zero-order valence-corrected chi connectivity index (χ0v) is 14.9. The van der Waals surface area contributed by atoms with Crippen molar-refractivity contribution >= 4 is 29.2 Å². The third-order valence-corrected chi connectivity index (χ3v) is 3.91. The minimum atomic E-state index is -0.447. The van der Waals surface area contributed by atoms with E-state index < -0.39 is 5.97 Å². The summed E-state index contributed by atoms with van der Waals surface area (Å²) in [6, 6.07) is 13.2. The van der Waals surface area contributed by atoms with Gasteiger partial charge in [0.05, 0.1) is 0 Å². The molecule has 1 aliphatic rings. The van der Waals surface area contributed by atoms with Crippen LogP contribution in [0.15, 0.2) is 60.7 Å². The van der Waals surface area contributed by atoms with Crippen molar-refractivity contribution in [1.29, 1.82) is 0 Å². The summed E-state index contributed by atoms with van der Waals surface area (Å²) < 4.78 is 4.98. The van der Waals surface area contributed by atoms with Gasteiger partial charge in [-0.05, 0) is 67.3 Å². The molecule has 0 aliphatic heterocycles. The van der Waals surface area contributed by atoms with Gasteiger partial charge >= 0.3 is 5.97 Å². The summed E-state index contributed by atoms with van der Waals surface area (Å²) in [6.07, 6.45) is 5.79. The van der Waals surface area contributed by atoms with Crippen LogP contribution in [0, 0.1) is 5.92 Å². The molecule has 2 aromatic rings. The Bertz CT molecular complexity index is 883. The maximum Gasteiger partial charge on any atom is 0.308 e. The van der Waals surface area contributed by atoms with E-state index in [1.54, 1.807) is 48.5 Å². The molecule has 2 aromatic carbocycles. The quantitative estimate of drug-likeness (QED) is 0.464. The fourth-order valence-electron chi connectivity index (χ4n) is 2.40. The number of hydrogen-bond acceptors (Lipinski definition) is 4. The predicted molar refractivity (Wildman–Crippen MR) is 103 cm³/mol. The van der Waals surface area contributed by atoms with Gasteiger partial charge in [0.1, 0.15) is 5.75 Å². The molecule has 6 heteroatoms. The van der Waals surface area contributed by atoms with Gasteiger partial charge in [0.25, 0.3) is 5.91 Å². The Morgan fingerprint density at radius 3 is 2.30 bits per heavy atom. The SMILES string of the molecule is CC(=O)Oc1cccc(C(=O)Nc2ccc(NC(=O)/C=C/C3CC3)cc2)c1. The summed E-state index contributed by atoms with van der Waals surface area (Å²) in [4.78, 5) is 35.2. The highest BCUT2D eigenvalue weighted by atomic mass is 16.5. The van der Waals surface area contributed by atoms with E-state index in [1.807, 2.05) is 6.08 Å². The van der Waals surface area contributed by atoms with Gasteiger partial charge in [-0.2, -0.15) is 0 Å². The van der Waals surface area contributed by atoms with E-state index in [9.17, 15) is 14.4 Å². The van der Waals surface area contributed by atoms with E-state index in [0.717, 1.165) is 12.8 Å². The number of anilines is 2. The van der Waals surface area contributed by atoms with Crippen molar-refractivity contribution in [2.45, 2.75) is 19.8 Å². The molecule has 0 heterocycles. The van der Waals surface area contributed by atoms with E-state index in [2.05, 4.69) is 10.6 Å². The van der Waals surface area contributed by atoms with Gasteiger partial charge in [0.2, 0.25) is 5.91 Å². The van der Waals surface area contributed by atoms with Crippen molar-refractivity contribution in [3.63, 3.8) is 0 Å². The van der Waals surface area contributed by atoms with E-state index in [4.69, 9.17) is 4.74 Å². The van der Waals surface area contributed by atoms with Gasteiger partial charge in [0.15, 0.2) is 0 Å². The summed E-state index contributed by atoms with van der Waals surface area (Å²) in [5, 5.41) is 5.54. The Morgan fingerprint density at radius 2 is 1.67 bits per heavy atom. The van der Waals surface area contributed by atoms with Gasteiger partial charge in [-0.15, -0.1) is 0 Å². The number of rotatable bonds is 6. The van der Waals surface area contributed by atoms with Crippen molar-refractivity contribution in [3.05, 3.63) is 66.2 Å². The third kappa shape index (κ3) is 5.81. The Labute approximate surface area is 157 Å². The first-order chi connectivity index (χ1) is 13.0. The smallest absolute Gasteiger partial charge is 0.308 e. The standard InChI is InChI=1S/C21H20N2O4/c1-14(24)27-19-4-2-3-16(13-19)21(26)23-18-10-8-17(9-11-18)22-20(25)12-7-15-5-6-15/h2-4,7-13,15H,5-6H2,1H3,(H,22,25)(H,23,26)/b12-7+. The van der Waals surface area contributed by atoms with Crippen LogP contribution >= 0.6 is 0 Å². The van der Waals surface area contributed by atoms with Crippen LogP contribution in [0.5, 0.6) is 5.75 Å². The second kappa shape index (κ2) is 8.31. The fourth-order valence-corrected chi connectivity index (χ4v) is 2.40. The molecule has 3 rings (SSSR count). The van der Waals surface area contributed by atoms with Crippen LogP contribution in [0.25, 0.3) is 0 Å². The molecule has 2 amide bonds. The van der Waals surface area contributed by atoms with Gasteiger partial charge in [-0.25, -0.2) is 0 Å². The molecule has 0 saturated heterocycles. The van der Waals surface area contributed by atoms with Crippen molar-refractivity contribution in [3.8, 4) is 5.75 Å². The monoisotopic (exact) mass is 364 g/mol. The topological polar surface area (TPSA) is 84.5 Å². The van der Waals surface area contributed by atoms with Crippen LogP contribution in [0.1, 0.15) is 30.1 Å². The number of ether oxygens (including phenoxy) is 1. The maximum atomic E-state index is 12.3. The third-order valence-electron chi connectivity index (χ3n) is 3.91. The molecule has 138 valence electrons. The minimum Gasteiger partial charge on any atom is -0.427 e. The van der Waals surface area contributed by atoms with Gasteiger partial charge in [0, 0.05) is 23.9 Å². The summed E-state index contributed by atoms with van der Waals surface area (Å²) >= 11 is 0. The Kier molecular flexibility index (Phi) is 5.66. The van der Waals surface area contributed by atoms with Crippen LogP contribution in [0.4, 0.5) is 11.4 Å². The first kappa shape index (κ1) is 18.4. The number of amides is 2. The molecule has 0 bridgehead atoms. The number of hydrogen-bond donors (Lipinski definition) is 2. The van der Waals surface area contributed by atoms with Crippen LogP contribution in [0.2, 0.25) is 0 Å². The normalized spacial score (nSPS) is 13.2. The molecule has 0 unspecified atom stereocenters. The van der Waals surface area contributed by atoms with Crippen molar-refractivity contribution in [2.24, 2.45) is 5.92 Å². The minimum absolute atomic E-state index is 0.166. The average Bonchev–Trinajstić information content (AvgIpc) is 3.46. The highest BCUT2D eigenvalue weighted by molar-refractivity contribution is 6.05. The van der Waals surface area contributed by atoms with Crippen LogP contribution in [-0.2, 0) is 9.59 Å². The summed E-state index contributed by atoms with van der Waals surface area (Å²) in [7, 11) is 0. The van der Waals surface area contributed by atoms with E-state index in [0.29, 0.717) is 28.6 Å². The number of esters is 1. The number of allylic oxidation sites excluding steroid dienone is 1. The Hall–Kier alpha value is -3.41. The molecule has 0 atom stereocenters. The van der Waals surface area contributed by atoms with Gasteiger partial charge < -0.3 is 15.4 Å². The molecule has 6 nitrogen and oxygen atoms in total. The lowest BCUT2D eigenvalue weighted by atomic mass is 10.2. The molecule has 0 radical (unpaired) electrons. The second-order valence-electron chi connectivity index (χ2n) is 6.34. The van der Waals surface area contributed by atoms with Crippen molar-refractivity contribution in [1.82, 2.24) is 0 Å². The number of carbonyl (C=O) groups excluding carboxylic acids is 3. The molecular weight excluding hydrogens is 344 g/mol. The van der Waals surface area contributed by atoms with E-state index >= 15 is 0 Å².